The number of aryl methyl sites for hydroxylation is 1. The molecule has 4 N–H and O–H groups in total. The Morgan fingerprint density at radius 2 is 1.66 bits per heavy atom. The molecule has 0 saturated heterocycles. The summed E-state index contributed by atoms with van der Waals surface area (Å²) >= 11 is 0. The topological polar surface area (TPSA) is 121 Å². The number of aromatic nitrogens is 1. The Morgan fingerprint density at radius 3 is 2.23 bits per heavy atom. The van der Waals surface area contributed by atoms with Crippen LogP contribution in [0.1, 0.15) is 34.7 Å². The standard InChI is InChI=1S/C24H22F3N3O5/c1-14-2-6-16(7-3-14)18(12-20(32)33)28-23(35)29-21-19(31)10-11-30(22(21)34)13-15-4-8-17(9-5-15)24(25,26)27/h2-11,18,31H,12-13H2,1H3,(H,32,33)(H2,28,29,35)/t18-/m0/s1. The Hall–Kier alpha value is -4.28. The zero-order chi connectivity index (χ0) is 25.8. The molecule has 0 aliphatic heterocycles. The third kappa shape index (κ3) is 6.62. The Balaban J connectivity index is 1.78. The van der Waals surface area contributed by atoms with Crippen LogP contribution < -0.4 is 16.2 Å². The van der Waals surface area contributed by atoms with Crippen LogP contribution in [0, 0.1) is 6.92 Å². The van der Waals surface area contributed by atoms with Crippen LogP contribution in [0.15, 0.2) is 65.6 Å². The van der Waals surface area contributed by atoms with E-state index >= 15 is 0 Å². The fourth-order valence-corrected chi connectivity index (χ4v) is 3.34. The molecule has 184 valence electrons. The molecule has 0 radical (unpaired) electrons. The smallest absolute Gasteiger partial charge is 0.416 e. The van der Waals surface area contributed by atoms with E-state index in [0.717, 1.165) is 28.3 Å². The number of hydrogen-bond acceptors (Lipinski definition) is 4. The number of carboxylic acid groups (broad SMARTS) is 1. The van der Waals surface area contributed by atoms with Gasteiger partial charge in [0.2, 0.25) is 0 Å². The normalized spacial score (nSPS) is 12.1. The number of nitrogens with one attached hydrogen (secondary N) is 2. The van der Waals surface area contributed by atoms with Gasteiger partial charge in [0, 0.05) is 6.20 Å². The van der Waals surface area contributed by atoms with Gasteiger partial charge >= 0.3 is 18.2 Å². The fraction of sp³-hybridized carbons (Fsp3) is 0.208. The van der Waals surface area contributed by atoms with Crippen molar-refractivity contribution in [3.8, 4) is 5.75 Å². The molecule has 35 heavy (non-hydrogen) atoms. The van der Waals surface area contributed by atoms with Crippen LogP contribution in [0.4, 0.5) is 23.7 Å². The third-order valence-corrected chi connectivity index (χ3v) is 5.18. The molecule has 2 amide bonds. The highest BCUT2D eigenvalue weighted by Gasteiger charge is 2.30. The number of carbonyl (C=O) groups is 2. The number of nitrogens with zero attached hydrogens (tertiary/aromatic N) is 1. The summed E-state index contributed by atoms with van der Waals surface area (Å²) in [6.07, 6.45) is -3.68. The molecule has 3 aromatic rings. The van der Waals surface area contributed by atoms with Crippen molar-refractivity contribution in [2.45, 2.75) is 32.1 Å². The molecule has 3 rings (SSSR count). The number of halogens is 3. The third-order valence-electron chi connectivity index (χ3n) is 5.18. The number of carboxylic acids is 1. The molecule has 1 atom stereocenters. The molecule has 0 fully saturated rings. The number of rotatable bonds is 7. The van der Waals surface area contributed by atoms with Crippen molar-refractivity contribution in [1.29, 1.82) is 0 Å². The maximum absolute atomic E-state index is 12.8. The second-order valence-electron chi connectivity index (χ2n) is 7.86. The van der Waals surface area contributed by atoms with Crippen LogP contribution in [-0.4, -0.2) is 26.8 Å². The predicted octanol–water partition coefficient (Wildman–Crippen LogP) is 4.27. The quantitative estimate of drug-likeness (QED) is 0.395. The van der Waals surface area contributed by atoms with Crippen LogP contribution in [0.5, 0.6) is 5.75 Å². The second kappa shape index (κ2) is 10.3. The summed E-state index contributed by atoms with van der Waals surface area (Å²) in [5.41, 5.74) is -0.231. The zero-order valence-electron chi connectivity index (χ0n) is 18.5. The van der Waals surface area contributed by atoms with E-state index in [1.165, 1.54) is 18.3 Å². The minimum absolute atomic E-state index is 0.113. The summed E-state index contributed by atoms with van der Waals surface area (Å²) < 4.78 is 39.4. The zero-order valence-corrected chi connectivity index (χ0v) is 18.5. The van der Waals surface area contributed by atoms with E-state index < -0.39 is 53.2 Å². The lowest BCUT2D eigenvalue weighted by Crippen LogP contribution is -2.36. The number of benzene rings is 2. The number of pyridine rings is 1. The molecule has 0 aliphatic rings. The van der Waals surface area contributed by atoms with E-state index in [4.69, 9.17) is 0 Å². The maximum Gasteiger partial charge on any atom is 0.416 e. The molecule has 1 heterocycles. The van der Waals surface area contributed by atoms with E-state index in [0.29, 0.717) is 11.1 Å². The average molecular weight is 489 g/mol. The molecule has 1 aromatic heterocycles. The van der Waals surface area contributed by atoms with Crippen molar-refractivity contribution in [3.63, 3.8) is 0 Å². The van der Waals surface area contributed by atoms with Gasteiger partial charge in [-0.3, -0.25) is 9.59 Å². The summed E-state index contributed by atoms with van der Waals surface area (Å²) in [5, 5.41) is 24.0. The molecule has 8 nitrogen and oxygen atoms in total. The van der Waals surface area contributed by atoms with E-state index in [-0.39, 0.29) is 6.54 Å². The first-order valence-corrected chi connectivity index (χ1v) is 10.4. The monoisotopic (exact) mass is 489 g/mol. The number of hydrogen-bond donors (Lipinski definition) is 4. The lowest BCUT2D eigenvalue weighted by Gasteiger charge is -2.18. The Labute approximate surface area is 197 Å². The summed E-state index contributed by atoms with van der Waals surface area (Å²) in [4.78, 5) is 36.6. The lowest BCUT2D eigenvalue weighted by atomic mass is 10.0. The van der Waals surface area contributed by atoms with Gasteiger partial charge in [-0.15, -0.1) is 0 Å². The first-order valence-electron chi connectivity index (χ1n) is 10.4. The van der Waals surface area contributed by atoms with Crippen molar-refractivity contribution >= 4 is 17.7 Å². The average Bonchev–Trinajstić information content (AvgIpc) is 2.78. The van der Waals surface area contributed by atoms with Crippen LogP contribution in [0.25, 0.3) is 0 Å². The van der Waals surface area contributed by atoms with Gasteiger partial charge in [0.25, 0.3) is 5.56 Å². The summed E-state index contributed by atoms with van der Waals surface area (Å²) in [7, 11) is 0. The largest absolute Gasteiger partial charge is 0.505 e. The van der Waals surface area contributed by atoms with Gasteiger partial charge in [-0.05, 0) is 36.2 Å². The summed E-state index contributed by atoms with van der Waals surface area (Å²) in [5.74, 6) is -1.68. The first-order chi connectivity index (χ1) is 16.4. The lowest BCUT2D eigenvalue weighted by molar-refractivity contribution is -0.138. The van der Waals surface area contributed by atoms with E-state index in [1.807, 2.05) is 6.92 Å². The van der Waals surface area contributed by atoms with Crippen LogP contribution >= 0.6 is 0 Å². The molecule has 0 aliphatic carbocycles. The van der Waals surface area contributed by atoms with Crippen LogP contribution in [-0.2, 0) is 17.5 Å². The van der Waals surface area contributed by atoms with E-state index in [1.54, 1.807) is 24.3 Å². The number of aliphatic carboxylic acids is 1. The minimum atomic E-state index is -4.49. The molecule has 2 aromatic carbocycles. The van der Waals surface area contributed by atoms with Crippen LogP contribution in [0.3, 0.4) is 0 Å². The predicted molar refractivity (Wildman–Crippen MR) is 121 cm³/mol. The van der Waals surface area contributed by atoms with Crippen LogP contribution in [0.2, 0.25) is 0 Å². The first kappa shape index (κ1) is 25.3. The Morgan fingerprint density at radius 1 is 1.03 bits per heavy atom. The molecule has 11 heteroatoms. The van der Waals surface area contributed by atoms with Crippen molar-refractivity contribution in [3.05, 3.63) is 93.4 Å². The summed E-state index contributed by atoms with van der Waals surface area (Å²) in [6, 6.07) is 10.4. The number of carbonyl (C=O) groups excluding carboxylic acids is 1. The molecule has 0 saturated carbocycles. The Kier molecular flexibility index (Phi) is 7.48. The van der Waals surface area contributed by atoms with Crippen molar-refractivity contribution in [2.24, 2.45) is 0 Å². The van der Waals surface area contributed by atoms with Gasteiger partial charge < -0.3 is 25.4 Å². The molecular weight excluding hydrogens is 467 g/mol. The van der Waals surface area contributed by atoms with Gasteiger partial charge in [0.15, 0.2) is 5.69 Å². The second-order valence-corrected chi connectivity index (χ2v) is 7.86. The van der Waals surface area contributed by atoms with Gasteiger partial charge in [-0.2, -0.15) is 13.2 Å². The molecule has 0 unspecified atom stereocenters. The number of urea groups is 1. The van der Waals surface area contributed by atoms with Gasteiger partial charge in [0.1, 0.15) is 5.75 Å². The molecule has 0 bridgehead atoms. The van der Waals surface area contributed by atoms with Crippen molar-refractivity contribution < 1.29 is 33.0 Å². The minimum Gasteiger partial charge on any atom is -0.505 e. The van der Waals surface area contributed by atoms with E-state index in [9.17, 15) is 37.8 Å². The van der Waals surface area contributed by atoms with Crippen molar-refractivity contribution in [2.75, 3.05) is 5.32 Å². The summed E-state index contributed by atoms with van der Waals surface area (Å²) in [6.45, 7) is 1.74. The maximum atomic E-state index is 12.8. The number of alkyl halides is 3. The highest BCUT2D eigenvalue weighted by Crippen LogP contribution is 2.29. The number of anilines is 1. The SMILES string of the molecule is Cc1ccc([C@H](CC(=O)O)NC(=O)Nc2c(O)ccn(Cc3ccc(C(F)(F)F)cc3)c2=O)cc1. The highest BCUT2D eigenvalue weighted by molar-refractivity contribution is 5.91. The van der Waals surface area contributed by atoms with Gasteiger partial charge in [-0.1, -0.05) is 42.0 Å². The molecule has 0 spiro atoms. The van der Waals surface area contributed by atoms with Crippen molar-refractivity contribution in [1.82, 2.24) is 9.88 Å². The number of aromatic hydroxyl groups is 1. The highest BCUT2D eigenvalue weighted by atomic mass is 19.4. The number of amides is 2. The van der Waals surface area contributed by atoms with Gasteiger partial charge in [0.05, 0.1) is 24.6 Å². The van der Waals surface area contributed by atoms with Gasteiger partial charge in [-0.25, -0.2) is 4.79 Å². The Bertz CT molecular complexity index is 1270. The fourth-order valence-electron chi connectivity index (χ4n) is 3.34. The van der Waals surface area contributed by atoms with E-state index in [2.05, 4.69) is 10.6 Å². The molecular formula is C24H22F3N3O5.